The SMILES string of the molecule is O=C(Cc1ccc(Cl)cc1)Nc1ccc(I)cc1. The molecule has 2 rings (SSSR count). The Labute approximate surface area is 124 Å². The first-order valence-electron chi connectivity index (χ1n) is 5.43. The number of anilines is 1. The fraction of sp³-hybridized carbons (Fsp3) is 0.0714. The van der Waals surface area contributed by atoms with Gasteiger partial charge in [-0.1, -0.05) is 23.7 Å². The van der Waals surface area contributed by atoms with Gasteiger partial charge in [-0.25, -0.2) is 0 Å². The van der Waals surface area contributed by atoms with E-state index in [9.17, 15) is 4.79 Å². The van der Waals surface area contributed by atoms with E-state index >= 15 is 0 Å². The summed E-state index contributed by atoms with van der Waals surface area (Å²) in [5.74, 6) is -0.0291. The molecule has 2 nitrogen and oxygen atoms in total. The zero-order valence-corrected chi connectivity index (χ0v) is 12.4. The summed E-state index contributed by atoms with van der Waals surface area (Å²) in [6.07, 6.45) is 0.350. The van der Waals surface area contributed by atoms with Crippen LogP contribution >= 0.6 is 34.2 Å². The Morgan fingerprint density at radius 1 is 1.06 bits per heavy atom. The minimum Gasteiger partial charge on any atom is -0.326 e. The van der Waals surface area contributed by atoms with Crippen molar-refractivity contribution in [2.45, 2.75) is 6.42 Å². The topological polar surface area (TPSA) is 29.1 Å². The largest absolute Gasteiger partial charge is 0.326 e. The molecule has 0 spiro atoms. The number of rotatable bonds is 3. The quantitative estimate of drug-likeness (QED) is 0.808. The second-order valence-corrected chi connectivity index (χ2v) is 5.54. The molecule has 0 unspecified atom stereocenters. The molecule has 1 N–H and O–H groups in total. The molecule has 0 saturated heterocycles. The van der Waals surface area contributed by atoms with E-state index < -0.39 is 0 Å². The highest BCUT2D eigenvalue weighted by Gasteiger charge is 2.04. The minimum atomic E-state index is -0.0291. The Hall–Kier alpha value is -1.07. The first-order valence-corrected chi connectivity index (χ1v) is 6.89. The van der Waals surface area contributed by atoms with Gasteiger partial charge in [-0.05, 0) is 64.6 Å². The van der Waals surface area contributed by atoms with Crippen LogP contribution in [0.1, 0.15) is 5.56 Å². The molecule has 18 heavy (non-hydrogen) atoms. The Morgan fingerprint density at radius 3 is 2.28 bits per heavy atom. The van der Waals surface area contributed by atoms with E-state index in [0.29, 0.717) is 11.4 Å². The van der Waals surface area contributed by atoms with Crippen LogP contribution in [-0.2, 0) is 11.2 Å². The van der Waals surface area contributed by atoms with E-state index in [1.165, 1.54) is 0 Å². The van der Waals surface area contributed by atoms with Gasteiger partial charge in [0.25, 0.3) is 0 Å². The van der Waals surface area contributed by atoms with Crippen molar-refractivity contribution in [3.8, 4) is 0 Å². The predicted octanol–water partition coefficient (Wildman–Crippen LogP) is 4.13. The number of amides is 1. The Morgan fingerprint density at radius 2 is 1.67 bits per heavy atom. The van der Waals surface area contributed by atoms with Crippen LogP contribution in [0.25, 0.3) is 0 Å². The van der Waals surface area contributed by atoms with Gasteiger partial charge < -0.3 is 5.32 Å². The lowest BCUT2D eigenvalue weighted by Gasteiger charge is -2.05. The zero-order chi connectivity index (χ0) is 13.0. The van der Waals surface area contributed by atoms with Gasteiger partial charge in [0, 0.05) is 14.3 Å². The molecule has 0 bridgehead atoms. The summed E-state index contributed by atoms with van der Waals surface area (Å²) >= 11 is 8.02. The van der Waals surface area contributed by atoms with Crippen LogP contribution in [0.3, 0.4) is 0 Å². The predicted molar refractivity (Wildman–Crippen MR) is 82.9 cm³/mol. The first kappa shape index (κ1) is 13.4. The maximum Gasteiger partial charge on any atom is 0.228 e. The van der Waals surface area contributed by atoms with Gasteiger partial charge in [0.1, 0.15) is 0 Å². The molecule has 4 heteroatoms. The summed E-state index contributed by atoms with van der Waals surface area (Å²) in [7, 11) is 0. The van der Waals surface area contributed by atoms with Crippen molar-refractivity contribution in [3.05, 3.63) is 62.7 Å². The molecule has 0 aromatic heterocycles. The number of hydrogen-bond acceptors (Lipinski definition) is 1. The molecule has 1 amide bonds. The molecule has 0 aliphatic heterocycles. The fourth-order valence-electron chi connectivity index (χ4n) is 1.53. The molecule has 0 aliphatic rings. The molecule has 0 fully saturated rings. The molecule has 2 aromatic rings. The summed E-state index contributed by atoms with van der Waals surface area (Å²) in [5, 5.41) is 3.53. The lowest BCUT2D eigenvalue weighted by Crippen LogP contribution is -2.14. The van der Waals surface area contributed by atoms with Crippen molar-refractivity contribution in [1.29, 1.82) is 0 Å². The maximum absolute atomic E-state index is 11.8. The van der Waals surface area contributed by atoms with Gasteiger partial charge >= 0.3 is 0 Å². The highest BCUT2D eigenvalue weighted by molar-refractivity contribution is 14.1. The van der Waals surface area contributed by atoms with Crippen molar-refractivity contribution in [2.24, 2.45) is 0 Å². The fourth-order valence-corrected chi connectivity index (χ4v) is 2.01. The van der Waals surface area contributed by atoms with Crippen LogP contribution in [0, 0.1) is 3.57 Å². The van der Waals surface area contributed by atoms with E-state index in [0.717, 1.165) is 14.8 Å². The number of hydrogen-bond donors (Lipinski definition) is 1. The molecule has 2 aromatic carbocycles. The molecule has 0 atom stereocenters. The van der Waals surface area contributed by atoms with Crippen molar-refractivity contribution in [1.82, 2.24) is 0 Å². The summed E-state index contributed by atoms with van der Waals surface area (Å²) < 4.78 is 1.14. The van der Waals surface area contributed by atoms with Gasteiger partial charge in [0.15, 0.2) is 0 Å². The average Bonchev–Trinajstić information content (AvgIpc) is 2.35. The normalized spacial score (nSPS) is 10.1. The van der Waals surface area contributed by atoms with Crippen LogP contribution in [0.2, 0.25) is 5.02 Å². The van der Waals surface area contributed by atoms with E-state index in [-0.39, 0.29) is 5.91 Å². The van der Waals surface area contributed by atoms with Crippen molar-refractivity contribution >= 4 is 45.8 Å². The van der Waals surface area contributed by atoms with Gasteiger partial charge in [-0.3, -0.25) is 4.79 Å². The van der Waals surface area contributed by atoms with Crippen LogP contribution in [0.4, 0.5) is 5.69 Å². The van der Waals surface area contributed by atoms with E-state index in [1.807, 2.05) is 36.4 Å². The van der Waals surface area contributed by atoms with Crippen LogP contribution in [-0.4, -0.2) is 5.91 Å². The highest BCUT2D eigenvalue weighted by atomic mass is 127. The van der Waals surface area contributed by atoms with Crippen LogP contribution < -0.4 is 5.32 Å². The van der Waals surface area contributed by atoms with Crippen molar-refractivity contribution in [2.75, 3.05) is 5.32 Å². The molecule has 0 saturated carbocycles. The third kappa shape index (κ3) is 3.99. The summed E-state index contributed by atoms with van der Waals surface area (Å²) in [5.41, 5.74) is 1.76. The first-order chi connectivity index (χ1) is 8.63. The Kier molecular flexibility index (Phi) is 4.60. The number of halogens is 2. The average molecular weight is 372 g/mol. The summed E-state index contributed by atoms with van der Waals surface area (Å²) in [6.45, 7) is 0. The van der Waals surface area contributed by atoms with E-state index in [2.05, 4.69) is 27.9 Å². The monoisotopic (exact) mass is 371 g/mol. The molecule has 0 radical (unpaired) electrons. The summed E-state index contributed by atoms with van der Waals surface area (Å²) in [6, 6.07) is 15.0. The molecule has 0 aliphatic carbocycles. The molecule has 92 valence electrons. The Balaban J connectivity index is 1.96. The third-order valence-corrected chi connectivity index (χ3v) is 3.38. The minimum absolute atomic E-state index is 0.0291. The molecular formula is C14H11ClINO. The maximum atomic E-state index is 11.8. The lowest BCUT2D eigenvalue weighted by molar-refractivity contribution is -0.115. The second kappa shape index (κ2) is 6.20. The van der Waals surface area contributed by atoms with Gasteiger partial charge in [-0.2, -0.15) is 0 Å². The number of benzene rings is 2. The smallest absolute Gasteiger partial charge is 0.228 e. The van der Waals surface area contributed by atoms with E-state index in [1.54, 1.807) is 12.1 Å². The molecule has 0 heterocycles. The van der Waals surface area contributed by atoms with Gasteiger partial charge in [0.05, 0.1) is 6.42 Å². The summed E-state index contributed by atoms with van der Waals surface area (Å²) in [4.78, 5) is 11.8. The zero-order valence-electron chi connectivity index (χ0n) is 9.49. The number of carbonyl (C=O) groups excluding carboxylic acids is 1. The number of nitrogens with one attached hydrogen (secondary N) is 1. The Bertz CT molecular complexity index is 487. The lowest BCUT2D eigenvalue weighted by atomic mass is 10.1. The van der Waals surface area contributed by atoms with Gasteiger partial charge in [0.2, 0.25) is 5.91 Å². The van der Waals surface area contributed by atoms with Gasteiger partial charge in [-0.15, -0.1) is 0 Å². The standard InChI is InChI=1S/C14H11ClINO/c15-11-3-1-10(2-4-11)9-14(18)17-13-7-5-12(16)6-8-13/h1-8H,9H2,(H,17,18). The van der Waals surface area contributed by atoms with Crippen LogP contribution in [0.15, 0.2) is 48.5 Å². The number of carbonyl (C=O) groups is 1. The van der Waals surface area contributed by atoms with E-state index in [4.69, 9.17) is 11.6 Å². The van der Waals surface area contributed by atoms with Crippen molar-refractivity contribution < 1.29 is 4.79 Å². The van der Waals surface area contributed by atoms with Crippen molar-refractivity contribution in [3.63, 3.8) is 0 Å². The van der Waals surface area contributed by atoms with Crippen LogP contribution in [0.5, 0.6) is 0 Å². The highest BCUT2D eigenvalue weighted by Crippen LogP contribution is 2.13. The third-order valence-electron chi connectivity index (χ3n) is 2.41. The molecular weight excluding hydrogens is 361 g/mol. The second-order valence-electron chi connectivity index (χ2n) is 3.86.